The molecule has 0 spiro atoms. The van der Waals surface area contributed by atoms with Gasteiger partial charge in [-0.1, -0.05) is 23.0 Å². The van der Waals surface area contributed by atoms with Gasteiger partial charge < -0.3 is 10.6 Å². The number of amides is 1. The summed E-state index contributed by atoms with van der Waals surface area (Å²) in [6.45, 7) is -0.590. The fourth-order valence-electron chi connectivity index (χ4n) is 1.57. The van der Waals surface area contributed by atoms with E-state index in [1.807, 2.05) is 0 Å². The minimum Gasteiger partial charge on any atom is -0.396 e. The normalized spacial score (nSPS) is 11.7. The lowest BCUT2D eigenvalue weighted by atomic mass is 10.2. The van der Waals surface area contributed by atoms with Crippen molar-refractivity contribution in [1.82, 2.24) is 9.94 Å². The second-order valence-corrected chi connectivity index (χ2v) is 3.80. The number of benzene rings is 1. The van der Waals surface area contributed by atoms with Gasteiger partial charge in [0.15, 0.2) is 5.69 Å². The number of carbonyl (C=O) groups excluding carboxylic acids is 1. The topological polar surface area (TPSA) is 70.1 Å². The summed E-state index contributed by atoms with van der Waals surface area (Å²) < 4.78 is 36.1. The summed E-state index contributed by atoms with van der Waals surface area (Å²) in [6, 6.07) is 6.48. The van der Waals surface area contributed by atoms with E-state index in [-0.39, 0.29) is 5.69 Å². The average molecular weight is 273 g/mol. The fraction of sp³-hybridized carbons (Fsp3) is 0.273. The van der Waals surface area contributed by atoms with E-state index in [1.165, 1.54) is 0 Å². The van der Waals surface area contributed by atoms with E-state index in [0.29, 0.717) is 10.9 Å². The van der Waals surface area contributed by atoms with Crippen LogP contribution in [0.25, 0.3) is 10.9 Å². The Morgan fingerprint density at radius 3 is 2.68 bits per heavy atom. The molecule has 0 atom stereocenters. The van der Waals surface area contributed by atoms with Gasteiger partial charge in [-0.2, -0.15) is 13.2 Å². The van der Waals surface area contributed by atoms with Gasteiger partial charge in [0.2, 0.25) is 0 Å². The second-order valence-electron chi connectivity index (χ2n) is 3.80. The maximum absolute atomic E-state index is 12.0. The number of para-hydroxylation sites is 1. The zero-order valence-corrected chi connectivity index (χ0v) is 9.65. The molecule has 2 N–H and O–H groups in total. The van der Waals surface area contributed by atoms with Gasteiger partial charge in [0, 0.05) is 5.39 Å². The van der Waals surface area contributed by atoms with Crippen LogP contribution in [0.15, 0.2) is 24.3 Å². The molecule has 1 amide bonds. The fourth-order valence-corrected chi connectivity index (χ4v) is 1.57. The molecular formula is C11H10F3N3O2. The van der Waals surface area contributed by atoms with Crippen molar-refractivity contribution >= 4 is 16.8 Å². The van der Waals surface area contributed by atoms with Crippen molar-refractivity contribution in [3.63, 3.8) is 0 Å². The molecule has 2 rings (SSSR count). The number of rotatable bonds is 4. The summed E-state index contributed by atoms with van der Waals surface area (Å²) in [6.07, 6.45) is -5.41. The summed E-state index contributed by atoms with van der Waals surface area (Å²) in [5, 5.41) is 4.19. The van der Waals surface area contributed by atoms with Crippen molar-refractivity contribution in [1.29, 1.82) is 0 Å². The van der Waals surface area contributed by atoms with E-state index in [9.17, 15) is 18.0 Å². The Balaban J connectivity index is 2.26. The average Bonchev–Trinajstić information content (AvgIpc) is 2.67. The van der Waals surface area contributed by atoms with Crippen LogP contribution in [-0.2, 0) is 0 Å². The molecule has 0 saturated carbocycles. The molecule has 1 aromatic heterocycles. The Morgan fingerprint density at radius 2 is 2.05 bits per heavy atom. The van der Waals surface area contributed by atoms with E-state index in [2.05, 4.69) is 5.10 Å². The van der Waals surface area contributed by atoms with Crippen LogP contribution in [-0.4, -0.2) is 28.6 Å². The van der Waals surface area contributed by atoms with Crippen LogP contribution in [0.3, 0.4) is 0 Å². The third kappa shape index (κ3) is 2.95. The largest absolute Gasteiger partial charge is 0.396 e. The zero-order chi connectivity index (χ0) is 14.0. The molecular weight excluding hydrogens is 263 g/mol. The Morgan fingerprint density at radius 1 is 1.37 bits per heavy atom. The highest BCUT2D eigenvalue weighted by atomic mass is 19.4. The van der Waals surface area contributed by atoms with E-state index >= 15 is 0 Å². The number of alkyl halides is 3. The van der Waals surface area contributed by atoms with Crippen molar-refractivity contribution in [2.45, 2.75) is 12.6 Å². The number of carbonyl (C=O) groups is 1. The van der Waals surface area contributed by atoms with E-state index in [4.69, 9.17) is 10.6 Å². The van der Waals surface area contributed by atoms with Crippen LogP contribution < -0.4 is 10.6 Å². The molecule has 0 radical (unpaired) electrons. The maximum atomic E-state index is 12.0. The molecule has 0 saturated heterocycles. The van der Waals surface area contributed by atoms with Gasteiger partial charge in [0.1, 0.15) is 12.1 Å². The molecule has 0 aliphatic rings. The number of hydrogen-bond acceptors (Lipinski definition) is 3. The van der Waals surface area contributed by atoms with Crippen LogP contribution in [0.5, 0.6) is 0 Å². The molecule has 8 heteroatoms. The van der Waals surface area contributed by atoms with Crippen molar-refractivity contribution in [3.8, 4) is 0 Å². The first kappa shape index (κ1) is 13.2. The van der Waals surface area contributed by atoms with Crippen LogP contribution in [0, 0.1) is 0 Å². The van der Waals surface area contributed by atoms with Gasteiger partial charge in [-0.3, -0.25) is 4.79 Å². The van der Waals surface area contributed by atoms with E-state index in [1.54, 1.807) is 24.3 Å². The Bertz CT molecular complexity index is 607. The van der Waals surface area contributed by atoms with Gasteiger partial charge >= 0.3 is 6.18 Å². The number of nitrogens with two attached hydrogens (primary N) is 1. The molecule has 0 bridgehead atoms. The first-order valence-electron chi connectivity index (χ1n) is 5.36. The van der Waals surface area contributed by atoms with Gasteiger partial charge in [0.25, 0.3) is 5.91 Å². The lowest BCUT2D eigenvalue weighted by Gasteiger charge is -2.08. The van der Waals surface area contributed by atoms with Crippen LogP contribution >= 0.6 is 0 Å². The van der Waals surface area contributed by atoms with Gasteiger partial charge in [0.05, 0.1) is 6.42 Å². The summed E-state index contributed by atoms with van der Waals surface area (Å²) in [4.78, 5) is 17.0. The molecule has 5 nitrogen and oxygen atoms in total. The van der Waals surface area contributed by atoms with Crippen molar-refractivity contribution in [3.05, 3.63) is 30.0 Å². The Kier molecular flexibility index (Phi) is 3.32. The lowest BCUT2D eigenvalue weighted by molar-refractivity contribution is -0.146. The van der Waals surface area contributed by atoms with Crippen LogP contribution in [0.1, 0.15) is 16.9 Å². The monoisotopic (exact) mass is 273 g/mol. The smallest absolute Gasteiger partial charge is 0.392 e. The molecule has 1 aromatic carbocycles. The summed E-state index contributed by atoms with van der Waals surface area (Å²) in [5.41, 5.74) is 5.49. The number of nitrogens with zero attached hydrogens (tertiary/aromatic N) is 2. The Labute approximate surface area is 105 Å². The highest BCUT2D eigenvalue weighted by Gasteiger charge is 2.27. The Hall–Kier alpha value is -2.25. The first-order chi connectivity index (χ1) is 8.88. The highest BCUT2D eigenvalue weighted by molar-refractivity contribution is 6.03. The molecule has 0 unspecified atom stereocenters. The van der Waals surface area contributed by atoms with Crippen molar-refractivity contribution in [2.75, 3.05) is 6.61 Å². The standard InChI is InChI=1S/C11H10F3N3O2/c12-11(13,14)5-6-19-17-8-4-2-1-3-7(8)9(16-17)10(15)18/h1-4H,5-6H2,(H2,15,18). The number of fused-ring (bicyclic) bond motifs is 1. The second kappa shape index (κ2) is 4.79. The highest BCUT2D eigenvalue weighted by Crippen LogP contribution is 2.20. The predicted octanol–water partition coefficient (Wildman–Crippen LogP) is 1.52. The zero-order valence-electron chi connectivity index (χ0n) is 9.65. The third-order valence-corrected chi connectivity index (χ3v) is 2.39. The molecule has 102 valence electrons. The van der Waals surface area contributed by atoms with Crippen molar-refractivity contribution < 1.29 is 22.8 Å². The summed E-state index contributed by atoms with van der Waals surface area (Å²) in [7, 11) is 0. The number of aromatic nitrogens is 2. The predicted molar refractivity (Wildman–Crippen MR) is 60.4 cm³/mol. The van der Waals surface area contributed by atoms with Gasteiger partial charge in [-0.25, -0.2) is 0 Å². The maximum Gasteiger partial charge on any atom is 0.392 e. The minimum absolute atomic E-state index is 0.0393. The van der Waals surface area contributed by atoms with E-state index in [0.717, 1.165) is 4.85 Å². The molecule has 1 heterocycles. The molecule has 0 fully saturated rings. The molecule has 0 aliphatic heterocycles. The number of halogens is 3. The SMILES string of the molecule is NC(=O)c1nn(OCCC(F)(F)F)c2ccccc12. The molecule has 19 heavy (non-hydrogen) atoms. The number of primary amides is 1. The molecule has 2 aromatic rings. The van der Waals surface area contributed by atoms with Crippen LogP contribution in [0.2, 0.25) is 0 Å². The summed E-state index contributed by atoms with van der Waals surface area (Å²) >= 11 is 0. The first-order valence-corrected chi connectivity index (χ1v) is 5.36. The lowest BCUT2D eigenvalue weighted by Crippen LogP contribution is -2.21. The van der Waals surface area contributed by atoms with Crippen molar-refractivity contribution in [2.24, 2.45) is 5.73 Å². The number of hydrogen-bond donors (Lipinski definition) is 1. The van der Waals surface area contributed by atoms with Crippen LogP contribution in [0.4, 0.5) is 13.2 Å². The quantitative estimate of drug-likeness (QED) is 0.918. The van der Waals surface area contributed by atoms with E-state index < -0.39 is 25.1 Å². The third-order valence-electron chi connectivity index (χ3n) is 2.39. The van der Waals surface area contributed by atoms with Gasteiger partial charge in [-0.05, 0) is 6.07 Å². The molecule has 0 aliphatic carbocycles. The summed E-state index contributed by atoms with van der Waals surface area (Å²) in [5.74, 6) is -0.769. The minimum atomic E-state index is -4.31. The van der Waals surface area contributed by atoms with Gasteiger partial charge in [-0.15, -0.1) is 5.10 Å².